The fourth-order valence-corrected chi connectivity index (χ4v) is 0.0707. The highest BCUT2D eigenvalue weighted by atomic mass is 16.4. The summed E-state index contributed by atoms with van der Waals surface area (Å²) in [7, 11) is -1.35. The van der Waals surface area contributed by atoms with Gasteiger partial charge in [0.15, 0.2) is 0 Å². The minimum atomic E-state index is -1.35. The van der Waals surface area contributed by atoms with Crippen molar-refractivity contribution in [2.24, 2.45) is 0 Å². The van der Waals surface area contributed by atoms with Gasteiger partial charge in [-0.25, -0.2) is 0 Å². The largest absolute Gasteiger partial charge is 0.480 e. The van der Waals surface area contributed by atoms with E-state index in [4.69, 9.17) is 20.3 Å². The van der Waals surface area contributed by atoms with Crippen LogP contribution in [0.2, 0.25) is 0 Å². The maximum Gasteiger partial charge on any atom is 0.480 e. The molecule has 0 bridgehead atoms. The normalized spacial score (nSPS) is 7.60. The van der Waals surface area contributed by atoms with E-state index in [0.717, 1.165) is 5.98 Å². The second-order valence-electron chi connectivity index (χ2n) is 1.45. The smallest absolute Gasteiger partial charge is 0.424 e. The lowest BCUT2D eigenvalue weighted by Gasteiger charge is -1.79. The van der Waals surface area contributed by atoms with Gasteiger partial charge in [-0.3, -0.25) is 0 Å². The lowest BCUT2D eigenvalue weighted by atomic mass is 9.94. The van der Waals surface area contributed by atoms with Crippen molar-refractivity contribution in [3.05, 3.63) is 12.6 Å². The number of aliphatic hydroxyl groups is 2. The van der Waals surface area contributed by atoms with E-state index in [9.17, 15) is 0 Å². The van der Waals surface area contributed by atoms with E-state index in [1.54, 1.807) is 0 Å². The molecule has 4 nitrogen and oxygen atoms in total. The monoisotopic (exact) mass is 148 g/mol. The molecule has 0 aromatic heterocycles. The van der Waals surface area contributed by atoms with Crippen LogP contribution in [0.15, 0.2) is 12.6 Å². The first kappa shape index (κ1) is 12.3. The maximum absolute atomic E-state index is 7.91. The van der Waals surface area contributed by atoms with Crippen molar-refractivity contribution in [2.45, 2.75) is 6.42 Å². The Kier molecular flexibility index (Phi) is 14.1. The summed E-state index contributed by atoms with van der Waals surface area (Å²) in [5, 5.41) is 31.4. The van der Waals surface area contributed by atoms with Gasteiger partial charge in [0.1, 0.15) is 0 Å². The second kappa shape index (κ2) is 11.4. The van der Waals surface area contributed by atoms with Crippen LogP contribution in [0, 0.1) is 0 Å². The third kappa shape index (κ3) is 25.4. The molecule has 0 aliphatic carbocycles. The van der Waals surface area contributed by atoms with E-state index in [0.29, 0.717) is 6.42 Å². The highest BCUT2D eigenvalue weighted by Crippen LogP contribution is 1.65. The summed E-state index contributed by atoms with van der Waals surface area (Å²) < 4.78 is 0. The zero-order valence-electron chi connectivity index (χ0n) is 5.77. The third-order valence-electron chi connectivity index (χ3n) is 0.527. The van der Waals surface area contributed by atoms with Crippen LogP contribution in [0.4, 0.5) is 0 Å². The molecule has 0 aromatic carbocycles. The first-order valence-corrected chi connectivity index (χ1v) is 2.89. The standard InChI is InChI=1S/C3H8O2.C2H5BO2/c4-2-1-3-5;1-2-3(4)5/h4-5H,1-3H2;2,4-5H,1H2. The van der Waals surface area contributed by atoms with Gasteiger partial charge in [0.25, 0.3) is 0 Å². The van der Waals surface area contributed by atoms with Crippen LogP contribution in [-0.4, -0.2) is 40.6 Å². The zero-order chi connectivity index (χ0) is 8.41. The van der Waals surface area contributed by atoms with Crippen LogP contribution in [0.25, 0.3) is 0 Å². The molecule has 0 atom stereocenters. The van der Waals surface area contributed by atoms with Gasteiger partial charge < -0.3 is 20.3 Å². The average molecular weight is 148 g/mol. The quantitative estimate of drug-likeness (QED) is 0.369. The molecule has 0 fully saturated rings. The molecule has 0 rings (SSSR count). The van der Waals surface area contributed by atoms with Crippen LogP contribution < -0.4 is 0 Å². The summed E-state index contributed by atoms with van der Waals surface area (Å²) >= 11 is 0. The first-order valence-electron chi connectivity index (χ1n) is 2.89. The van der Waals surface area contributed by atoms with Crippen molar-refractivity contribution >= 4 is 7.12 Å². The summed E-state index contributed by atoms with van der Waals surface area (Å²) in [5.74, 6) is 1.03. The fourth-order valence-electron chi connectivity index (χ4n) is 0.0707. The molecule has 5 heteroatoms. The number of hydrogen-bond donors (Lipinski definition) is 4. The van der Waals surface area contributed by atoms with Crippen LogP contribution in [-0.2, 0) is 0 Å². The van der Waals surface area contributed by atoms with Crippen molar-refractivity contribution in [3.8, 4) is 0 Å². The van der Waals surface area contributed by atoms with E-state index in [2.05, 4.69) is 6.58 Å². The molecule has 0 aromatic rings. The topological polar surface area (TPSA) is 80.9 Å². The Labute approximate surface area is 60.6 Å². The Bertz CT molecular complexity index is 64.7. The van der Waals surface area contributed by atoms with E-state index in [1.165, 1.54) is 0 Å². The SMILES string of the molecule is C=CB(O)O.OCCCO. The molecule has 0 aliphatic heterocycles. The van der Waals surface area contributed by atoms with Gasteiger partial charge in [0.05, 0.1) is 0 Å². The molecule has 0 aliphatic rings. The molecule has 0 spiro atoms. The number of aliphatic hydroxyl groups excluding tert-OH is 2. The molecule has 4 N–H and O–H groups in total. The summed E-state index contributed by atoms with van der Waals surface area (Å²) in [6, 6.07) is 0. The predicted molar refractivity (Wildman–Crippen MR) is 39.2 cm³/mol. The molecular weight excluding hydrogens is 135 g/mol. The molecule has 0 saturated heterocycles. The van der Waals surface area contributed by atoms with Gasteiger partial charge >= 0.3 is 7.12 Å². The molecule has 60 valence electrons. The molecule has 10 heavy (non-hydrogen) atoms. The fraction of sp³-hybridized carbons (Fsp3) is 0.600. The van der Waals surface area contributed by atoms with E-state index < -0.39 is 7.12 Å². The minimum Gasteiger partial charge on any atom is -0.424 e. The van der Waals surface area contributed by atoms with Gasteiger partial charge in [0, 0.05) is 13.2 Å². The number of hydrogen-bond acceptors (Lipinski definition) is 4. The van der Waals surface area contributed by atoms with E-state index in [-0.39, 0.29) is 13.2 Å². The van der Waals surface area contributed by atoms with Crippen LogP contribution in [0.5, 0.6) is 0 Å². The summed E-state index contributed by atoms with van der Waals surface area (Å²) in [5.41, 5.74) is 0. The Hall–Kier alpha value is -0.355. The van der Waals surface area contributed by atoms with E-state index >= 15 is 0 Å². The van der Waals surface area contributed by atoms with Crippen molar-refractivity contribution in [2.75, 3.05) is 13.2 Å². The maximum atomic E-state index is 7.91. The highest BCUT2D eigenvalue weighted by molar-refractivity contribution is 6.47. The molecule has 0 heterocycles. The van der Waals surface area contributed by atoms with Gasteiger partial charge in [0.2, 0.25) is 0 Å². The Balaban J connectivity index is 0. The summed E-state index contributed by atoms with van der Waals surface area (Å²) in [6.07, 6.45) is 0.500. The summed E-state index contributed by atoms with van der Waals surface area (Å²) in [4.78, 5) is 0. The highest BCUT2D eigenvalue weighted by Gasteiger charge is 1.92. The van der Waals surface area contributed by atoms with Crippen LogP contribution in [0.3, 0.4) is 0 Å². The van der Waals surface area contributed by atoms with Crippen molar-refractivity contribution in [1.29, 1.82) is 0 Å². The average Bonchev–Trinajstić information content (AvgIpc) is 1.91. The molecule has 0 amide bonds. The predicted octanol–water partition coefficient (Wildman–Crippen LogP) is -1.45. The van der Waals surface area contributed by atoms with Gasteiger partial charge in [-0.05, 0) is 6.42 Å². The third-order valence-corrected chi connectivity index (χ3v) is 0.527. The van der Waals surface area contributed by atoms with Gasteiger partial charge in [-0.1, -0.05) is 5.98 Å². The van der Waals surface area contributed by atoms with Crippen molar-refractivity contribution < 1.29 is 20.3 Å². The zero-order valence-corrected chi connectivity index (χ0v) is 5.77. The molecule has 0 saturated carbocycles. The van der Waals surface area contributed by atoms with Crippen LogP contribution in [0.1, 0.15) is 6.42 Å². The van der Waals surface area contributed by atoms with Gasteiger partial charge in [-0.15, -0.1) is 6.58 Å². The lowest BCUT2D eigenvalue weighted by molar-refractivity contribution is 0.221. The summed E-state index contributed by atoms with van der Waals surface area (Å²) in [6.45, 7) is 3.25. The molecule has 0 radical (unpaired) electrons. The van der Waals surface area contributed by atoms with Crippen LogP contribution >= 0.6 is 0 Å². The van der Waals surface area contributed by atoms with Crippen molar-refractivity contribution in [1.82, 2.24) is 0 Å². The van der Waals surface area contributed by atoms with Gasteiger partial charge in [-0.2, -0.15) is 0 Å². The second-order valence-corrected chi connectivity index (χ2v) is 1.45. The first-order chi connectivity index (χ1) is 4.68. The number of rotatable bonds is 3. The Morgan fingerprint density at radius 1 is 1.20 bits per heavy atom. The molecular formula is C5H13BO4. The Morgan fingerprint density at radius 3 is 1.50 bits per heavy atom. The van der Waals surface area contributed by atoms with E-state index in [1.807, 2.05) is 0 Å². The lowest BCUT2D eigenvalue weighted by Crippen LogP contribution is -2.03. The Morgan fingerprint density at radius 2 is 1.50 bits per heavy atom. The minimum absolute atomic E-state index is 0.0938. The van der Waals surface area contributed by atoms with Crippen molar-refractivity contribution in [3.63, 3.8) is 0 Å². The molecule has 0 unspecified atom stereocenters.